The molecule has 2 aliphatic rings. The standard InChI is InChI=1S/C28H27F2N5O/c1-15(2)10-16-14-36-26(32-16)22-12-31-13-23(33-22)28-9-8-18(27(28,3)4)17-11-21(34-35-25(17)28)24-19(29)6-5-7-20(24)30/h5-7,11-15,18H,8-10H2,1-4H3/t18-,28-/m0/s1. The molecule has 36 heavy (non-hydrogen) atoms. The molecule has 2 bridgehead atoms. The second-order valence-electron chi connectivity index (χ2n) is 10.9. The van der Waals surface area contributed by atoms with Gasteiger partial charge in [-0.2, -0.15) is 5.10 Å². The third-order valence-corrected chi connectivity index (χ3v) is 8.06. The lowest BCUT2D eigenvalue weighted by Crippen LogP contribution is -2.38. The Hall–Kier alpha value is -3.55. The van der Waals surface area contributed by atoms with Crippen LogP contribution >= 0.6 is 0 Å². The SMILES string of the molecule is CC(C)Cc1coc(-c2cncc([C@@]34CC[C@@H](c5cc(-c6c(F)cccc6F)nnc53)C4(C)C)n2)n1. The molecule has 6 nitrogen and oxygen atoms in total. The Morgan fingerprint density at radius 2 is 1.83 bits per heavy atom. The lowest BCUT2D eigenvalue weighted by Gasteiger charge is -2.37. The van der Waals surface area contributed by atoms with Crippen LogP contribution in [0.1, 0.15) is 69.1 Å². The molecular weight excluding hydrogens is 460 g/mol. The van der Waals surface area contributed by atoms with Gasteiger partial charge in [0.25, 0.3) is 0 Å². The Labute approximate surface area is 208 Å². The Morgan fingerprint density at radius 1 is 1.06 bits per heavy atom. The molecule has 6 rings (SSSR count). The third-order valence-electron chi connectivity index (χ3n) is 8.06. The summed E-state index contributed by atoms with van der Waals surface area (Å²) in [6, 6.07) is 5.63. The van der Waals surface area contributed by atoms with Gasteiger partial charge in [-0.15, -0.1) is 5.10 Å². The van der Waals surface area contributed by atoms with Gasteiger partial charge >= 0.3 is 0 Å². The van der Waals surface area contributed by atoms with Crippen molar-refractivity contribution in [2.75, 3.05) is 0 Å². The van der Waals surface area contributed by atoms with Gasteiger partial charge in [-0.1, -0.05) is 33.8 Å². The first-order valence-corrected chi connectivity index (χ1v) is 12.3. The third kappa shape index (κ3) is 3.16. The maximum absolute atomic E-state index is 14.5. The number of aromatic nitrogens is 5. The van der Waals surface area contributed by atoms with Crippen LogP contribution in [0, 0.1) is 23.0 Å². The second kappa shape index (κ2) is 7.98. The zero-order valence-corrected chi connectivity index (χ0v) is 20.7. The molecule has 184 valence electrons. The van der Waals surface area contributed by atoms with E-state index in [0.29, 0.717) is 17.5 Å². The van der Waals surface area contributed by atoms with Crippen molar-refractivity contribution in [2.24, 2.45) is 11.3 Å². The average Bonchev–Trinajstić information content (AvgIpc) is 3.46. The molecule has 1 fully saturated rings. The van der Waals surface area contributed by atoms with Gasteiger partial charge in [0.2, 0.25) is 5.89 Å². The number of benzene rings is 1. The van der Waals surface area contributed by atoms with Crippen LogP contribution in [0.15, 0.2) is 47.3 Å². The molecule has 1 saturated carbocycles. The molecule has 0 spiro atoms. The van der Waals surface area contributed by atoms with Crippen LogP contribution in [0.2, 0.25) is 0 Å². The summed E-state index contributed by atoms with van der Waals surface area (Å²) >= 11 is 0. The number of nitrogens with zero attached hydrogens (tertiary/aromatic N) is 5. The van der Waals surface area contributed by atoms with Gasteiger partial charge in [0.15, 0.2) is 0 Å². The molecular formula is C28H27F2N5O. The van der Waals surface area contributed by atoms with E-state index >= 15 is 0 Å². The zero-order valence-electron chi connectivity index (χ0n) is 20.7. The Morgan fingerprint density at radius 3 is 2.58 bits per heavy atom. The fourth-order valence-corrected chi connectivity index (χ4v) is 6.37. The van der Waals surface area contributed by atoms with E-state index in [9.17, 15) is 8.78 Å². The molecule has 1 aromatic carbocycles. The summed E-state index contributed by atoms with van der Waals surface area (Å²) in [5.74, 6) is -0.239. The molecule has 2 atom stereocenters. The first-order valence-electron chi connectivity index (χ1n) is 12.3. The van der Waals surface area contributed by atoms with Crippen LogP contribution in [-0.2, 0) is 11.8 Å². The molecule has 4 aromatic rings. The predicted molar refractivity (Wildman–Crippen MR) is 130 cm³/mol. The first-order chi connectivity index (χ1) is 17.2. The first kappa shape index (κ1) is 22.9. The Kier molecular flexibility index (Phi) is 5.07. The highest BCUT2D eigenvalue weighted by Gasteiger charge is 2.65. The number of halogens is 2. The summed E-state index contributed by atoms with van der Waals surface area (Å²) in [5, 5.41) is 8.89. The van der Waals surface area contributed by atoms with Crippen molar-refractivity contribution in [3.05, 3.63) is 77.2 Å². The summed E-state index contributed by atoms with van der Waals surface area (Å²) in [6.07, 6.45) is 7.69. The quantitative estimate of drug-likeness (QED) is 0.330. The van der Waals surface area contributed by atoms with Gasteiger partial charge in [0, 0.05) is 6.20 Å². The van der Waals surface area contributed by atoms with Crippen LogP contribution in [0.3, 0.4) is 0 Å². The molecule has 0 aliphatic heterocycles. The van der Waals surface area contributed by atoms with Crippen LogP contribution in [0.4, 0.5) is 8.78 Å². The van der Waals surface area contributed by atoms with Gasteiger partial charge < -0.3 is 4.42 Å². The van der Waals surface area contributed by atoms with E-state index in [1.165, 1.54) is 18.2 Å². The highest BCUT2D eigenvalue weighted by Crippen LogP contribution is 2.69. The molecule has 0 amide bonds. The van der Waals surface area contributed by atoms with E-state index in [1.54, 1.807) is 24.7 Å². The number of hydrogen-bond acceptors (Lipinski definition) is 6. The number of hydrogen-bond donors (Lipinski definition) is 0. The second-order valence-corrected chi connectivity index (χ2v) is 10.9. The summed E-state index contributed by atoms with van der Waals surface area (Å²) in [5.41, 5.74) is 3.31. The minimum absolute atomic E-state index is 0.148. The van der Waals surface area contributed by atoms with Gasteiger partial charge in [-0.3, -0.25) is 4.98 Å². The van der Waals surface area contributed by atoms with E-state index in [1.807, 2.05) is 0 Å². The van der Waals surface area contributed by atoms with Crippen molar-refractivity contribution >= 4 is 0 Å². The predicted octanol–water partition coefficient (Wildman–Crippen LogP) is 6.27. The lowest BCUT2D eigenvalue weighted by molar-refractivity contribution is 0.242. The van der Waals surface area contributed by atoms with Gasteiger partial charge in [-0.05, 0) is 60.3 Å². The van der Waals surface area contributed by atoms with Crippen molar-refractivity contribution in [1.29, 1.82) is 0 Å². The molecule has 2 aliphatic carbocycles. The number of rotatable bonds is 5. The van der Waals surface area contributed by atoms with Crippen LogP contribution in [-0.4, -0.2) is 25.1 Å². The zero-order chi connectivity index (χ0) is 25.2. The van der Waals surface area contributed by atoms with Crippen molar-refractivity contribution in [1.82, 2.24) is 25.1 Å². The molecule has 0 unspecified atom stereocenters. The van der Waals surface area contributed by atoms with E-state index in [2.05, 4.69) is 47.9 Å². The van der Waals surface area contributed by atoms with Gasteiger partial charge in [-0.25, -0.2) is 18.7 Å². The normalized spacial score (nSPS) is 21.8. The molecule has 3 heterocycles. The van der Waals surface area contributed by atoms with Crippen molar-refractivity contribution in [3.63, 3.8) is 0 Å². The van der Waals surface area contributed by atoms with Crippen LogP contribution in [0.5, 0.6) is 0 Å². The minimum Gasteiger partial charge on any atom is -0.443 e. The molecule has 0 saturated heterocycles. The fourth-order valence-electron chi connectivity index (χ4n) is 6.37. The van der Waals surface area contributed by atoms with Crippen molar-refractivity contribution in [3.8, 4) is 22.8 Å². The summed E-state index contributed by atoms with van der Waals surface area (Å²) in [7, 11) is 0. The largest absolute Gasteiger partial charge is 0.443 e. The van der Waals surface area contributed by atoms with E-state index in [-0.39, 0.29) is 22.6 Å². The van der Waals surface area contributed by atoms with Gasteiger partial charge in [0.05, 0.1) is 40.0 Å². The highest BCUT2D eigenvalue weighted by atomic mass is 19.1. The van der Waals surface area contributed by atoms with E-state index < -0.39 is 17.0 Å². The molecule has 8 heteroatoms. The number of oxazole rings is 1. The lowest BCUT2D eigenvalue weighted by atomic mass is 9.66. The summed E-state index contributed by atoms with van der Waals surface area (Å²) < 4.78 is 34.8. The van der Waals surface area contributed by atoms with Crippen molar-refractivity contribution in [2.45, 2.75) is 58.3 Å². The fraction of sp³-hybridized carbons (Fsp3) is 0.393. The van der Waals surface area contributed by atoms with E-state index in [0.717, 1.165) is 41.9 Å². The average molecular weight is 488 g/mol. The molecule has 0 N–H and O–H groups in total. The minimum atomic E-state index is -0.650. The Balaban J connectivity index is 1.46. The topological polar surface area (TPSA) is 77.6 Å². The molecule has 3 aromatic heterocycles. The smallest absolute Gasteiger partial charge is 0.246 e. The van der Waals surface area contributed by atoms with Crippen LogP contribution < -0.4 is 0 Å². The summed E-state index contributed by atoms with van der Waals surface area (Å²) in [6.45, 7) is 8.68. The van der Waals surface area contributed by atoms with Gasteiger partial charge in [0.1, 0.15) is 23.6 Å². The monoisotopic (exact) mass is 487 g/mol. The highest BCUT2D eigenvalue weighted by molar-refractivity contribution is 5.64. The maximum Gasteiger partial charge on any atom is 0.246 e. The van der Waals surface area contributed by atoms with Crippen LogP contribution in [0.25, 0.3) is 22.8 Å². The summed E-state index contributed by atoms with van der Waals surface area (Å²) in [4.78, 5) is 14.1. The van der Waals surface area contributed by atoms with E-state index in [4.69, 9.17) is 9.40 Å². The maximum atomic E-state index is 14.5. The number of fused-ring (bicyclic) bond motifs is 5. The Bertz CT molecular complexity index is 1460. The molecule has 0 radical (unpaired) electrons. The van der Waals surface area contributed by atoms with Crippen molar-refractivity contribution < 1.29 is 13.2 Å².